The van der Waals surface area contributed by atoms with Crippen LogP contribution in [0, 0.1) is 11.8 Å². The van der Waals surface area contributed by atoms with E-state index >= 15 is 0 Å². The predicted octanol–water partition coefficient (Wildman–Crippen LogP) is 2.41. The maximum absolute atomic E-state index is 11.4. The van der Waals surface area contributed by atoms with Gasteiger partial charge >= 0.3 is 10.1 Å². The smallest absolute Gasteiger partial charge is 0.268 e. The molecular formula is C10H21NO3S. The van der Waals surface area contributed by atoms with Gasteiger partial charge in [0.2, 0.25) is 0 Å². The van der Waals surface area contributed by atoms with Gasteiger partial charge < -0.3 is 0 Å². The zero-order chi connectivity index (χ0) is 12.2. The second-order valence-corrected chi connectivity index (χ2v) is 6.52. The van der Waals surface area contributed by atoms with E-state index in [0.717, 1.165) is 5.71 Å². The fourth-order valence-electron chi connectivity index (χ4n) is 1.06. The van der Waals surface area contributed by atoms with Crippen LogP contribution >= 0.6 is 0 Å². The van der Waals surface area contributed by atoms with Gasteiger partial charge in [-0.2, -0.15) is 8.42 Å². The number of rotatable bonds is 5. The van der Waals surface area contributed by atoms with E-state index in [1.807, 2.05) is 27.7 Å². The summed E-state index contributed by atoms with van der Waals surface area (Å²) in [5.74, 6) is 0.375. The zero-order valence-corrected chi connectivity index (χ0v) is 11.1. The van der Waals surface area contributed by atoms with E-state index in [1.54, 1.807) is 13.8 Å². The lowest BCUT2D eigenvalue weighted by Gasteiger charge is -2.13. The van der Waals surface area contributed by atoms with Gasteiger partial charge in [-0.1, -0.05) is 32.9 Å². The van der Waals surface area contributed by atoms with Crippen LogP contribution in [0.4, 0.5) is 0 Å². The molecule has 90 valence electrons. The third-order valence-corrected chi connectivity index (χ3v) is 3.44. The van der Waals surface area contributed by atoms with Gasteiger partial charge in [0.1, 0.15) is 0 Å². The summed E-state index contributed by atoms with van der Waals surface area (Å²) in [5.41, 5.74) is 0.763. The lowest BCUT2D eigenvalue weighted by atomic mass is 9.98. The van der Waals surface area contributed by atoms with Crippen molar-refractivity contribution in [1.29, 1.82) is 0 Å². The van der Waals surface area contributed by atoms with Crippen LogP contribution in [0.25, 0.3) is 0 Å². The first-order chi connectivity index (χ1) is 6.68. The average Bonchev–Trinajstić information content (AvgIpc) is 2.02. The lowest BCUT2D eigenvalue weighted by molar-refractivity contribution is 0.328. The molecule has 0 heterocycles. The Balaban J connectivity index is 4.76. The topological polar surface area (TPSA) is 55.7 Å². The minimum absolute atomic E-state index is 0.187. The van der Waals surface area contributed by atoms with Gasteiger partial charge in [-0.15, -0.1) is 0 Å². The number of hydrogen-bond donors (Lipinski definition) is 0. The van der Waals surface area contributed by atoms with Gasteiger partial charge in [0.05, 0.1) is 11.0 Å². The molecule has 0 aromatic rings. The maximum atomic E-state index is 11.4. The summed E-state index contributed by atoms with van der Waals surface area (Å²) in [6.45, 7) is 11.0. The Labute approximate surface area is 92.8 Å². The van der Waals surface area contributed by atoms with Crippen LogP contribution < -0.4 is 0 Å². The van der Waals surface area contributed by atoms with E-state index in [4.69, 9.17) is 0 Å². The van der Waals surface area contributed by atoms with Crippen molar-refractivity contribution in [2.75, 3.05) is 0 Å². The van der Waals surface area contributed by atoms with Crippen molar-refractivity contribution < 1.29 is 12.7 Å². The molecule has 0 spiro atoms. The second kappa shape index (κ2) is 5.49. The molecule has 0 aliphatic heterocycles. The van der Waals surface area contributed by atoms with Gasteiger partial charge in [0, 0.05) is 0 Å². The Kier molecular flexibility index (Phi) is 5.28. The van der Waals surface area contributed by atoms with Crippen LogP contribution in [0.2, 0.25) is 0 Å². The molecule has 0 amide bonds. The highest BCUT2D eigenvalue weighted by Crippen LogP contribution is 2.11. The van der Waals surface area contributed by atoms with E-state index < -0.39 is 15.4 Å². The molecule has 0 fully saturated rings. The summed E-state index contributed by atoms with van der Waals surface area (Å²) in [5, 5.41) is 3.18. The number of hydrogen-bond acceptors (Lipinski definition) is 4. The first-order valence-electron chi connectivity index (χ1n) is 5.18. The monoisotopic (exact) mass is 235 g/mol. The molecule has 0 saturated heterocycles. The Morgan fingerprint density at radius 3 is 1.67 bits per heavy atom. The number of oxime groups is 1. The minimum Gasteiger partial charge on any atom is -0.268 e. The van der Waals surface area contributed by atoms with Crippen molar-refractivity contribution >= 4 is 15.8 Å². The molecule has 0 atom stereocenters. The SMILES string of the molecule is CC(C)C(=NOS(=O)(=O)C(C)C)C(C)C. The van der Waals surface area contributed by atoms with E-state index in [0.29, 0.717) is 0 Å². The van der Waals surface area contributed by atoms with Crippen molar-refractivity contribution in [1.82, 2.24) is 0 Å². The van der Waals surface area contributed by atoms with Crippen molar-refractivity contribution in [3.63, 3.8) is 0 Å². The molecule has 5 heteroatoms. The van der Waals surface area contributed by atoms with Crippen molar-refractivity contribution in [2.24, 2.45) is 17.0 Å². The molecule has 0 radical (unpaired) electrons. The van der Waals surface area contributed by atoms with E-state index in [-0.39, 0.29) is 11.8 Å². The average molecular weight is 235 g/mol. The summed E-state index contributed by atoms with van der Waals surface area (Å²) >= 11 is 0. The van der Waals surface area contributed by atoms with Crippen molar-refractivity contribution in [2.45, 2.75) is 46.8 Å². The standard InChI is InChI=1S/C10H21NO3S/c1-7(2)10(8(3)4)11-14-15(12,13)9(5)6/h7-9H,1-6H3. The molecule has 0 rings (SSSR count). The van der Waals surface area contributed by atoms with Crippen LogP contribution in [0.1, 0.15) is 41.5 Å². The normalized spacial score (nSPS) is 12.3. The van der Waals surface area contributed by atoms with Gasteiger partial charge in [-0.25, -0.2) is 0 Å². The molecule has 0 aromatic heterocycles. The fourth-order valence-corrected chi connectivity index (χ4v) is 1.42. The summed E-state index contributed by atoms with van der Waals surface area (Å²) in [6.07, 6.45) is 0. The van der Waals surface area contributed by atoms with Crippen LogP contribution in [-0.2, 0) is 14.4 Å². The molecule has 0 aliphatic rings. The van der Waals surface area contributed by atoms with E-state index in [9.17, 15) is 8.42 Å². The minimum atomic E-state index is -3.55. The maximum Gasteiger partial charge on any atom is 0.330 e. The zero-order valence-electron chi connectivity index (χ0n) is 10.3. The van der Waals surface area contributed by atoms with Crippen molar-refractivity contribution in [3.8, 4) is 0 Å². The highest BCUT2D eigenvalue weighted by Gasteiger charge is 2.19. The molecule has 0 bridgehead atoms. The van der Waals surface area contributed by atoms with E-state index in [2.05, 4.69) is 9.44 Å². The van der Waals surface area contributed by atoms with Crippen LogP contribution in [-0.4, -0.2) is 19.4 Å². The van der Waals surface area contributed by atoms with Crippen LogP contribution in [0.5, 0.6) is 0 Å². The van der Waals surface area contributed by atoms with Gasteiger partial charge in [0.15, 0.2) is 0 Å². The Bertz CT molecular complexity index is 306. The van der Waals surface area contributed by atoms with Crippen molar-refractivity contribution in [3.05, 3.63) is 0 Å². The highest BCUT2D eigenvalue weighted by molar-refractivity contribution is 7.87. The van der Waals surface area contributed by atoms with Gasteiger partial charge in [0.25, 0.3) is 0 Å². The van der Waals surface area contributed by atoms with Gasteiger partial charge in [-0.3, -0.25) is 4.28 Å². The molecule has 0 N–H and O–H groups in total. The first kappa shape index (κ1) is 14.4. The quantitative estimate of drug-likeness (QED) is 0.543. The lowest BCUT2D eigenvalue weighted by Crippen LogP contribution is -2.19. The Morgan fingerprint density at radius 2 is 1.40 bits per heavy atom. The fraction of sp³-hybridized carbons (Fsp3) is 0.900. The highest BCUT2D eigenvalue weighted by atomic mass is 32.2. The third-order valence-electron chi connectivity index (χ3n) is 2.01. The van der Waals surface area contributed by atoms with Crippen LogP contribution in [0.3, 0.4) is 0 Å². The Hall–Kier alpha value is -0.580. The second-order valence-electron chi connectivity index (χ2n) is 4.44. The third kappa shape index (κ3) is 4.64. The van der Waals surface area contributed by atoms with Gasteiger partial charge in [-0.05, 0) is 25.7 Å². The first-order valence-corrected chi connectivity index (χ1v) is 6.65. The molecule has 0 aliphatic carbocycles. The molecule has 0 saturated carbocycles. The summed E-state index contributed by atoms with van der Waals surface area (Å²) in [6, 6.07) is 0. The summed E-state index contributed by atoms with van der Waals surface area (Å²) in [7, 11) is -3.55. The summed E-state index contributed by atoms with van der Waals surface area (Å²) < 4.78 is 27.3. The van der Waals surface area contributed by atoms with Crippen LogP contribution in [0.15, 0.2) is 5.16 Å². The largest absolute Gasteiger partial charge is 0.330 e. The Morgan fingerprint density at radius 1 is 1.00 bits per heavy atom. The molecule has 15 heavy (non-hydrogen) atoms. The summed E-state index contributed by atoms with van der Waals surface area (Å²) in [4.78, 5) is 0. The molecular weight excluding hydrogens is 214 g/mol. The molecule has 0 unspecified atom stereocenters. The molecule has 4 nitrogen and oxygen atoms in total. The number of nitrogens with zero attached hydrogens (tertiary/aromatic N) is 1. The molecule has 0 aromatic carbocycles. The van der Waals surface area contributed by atoms with E-state index in [1.165, 1.54) is 0 Å². The predicted molar refractivity (Wildman–Crippen MR) is 62.3 cm³/mol.